The zero-order valence-corrected chi connectivity index (χ0v) is 13.3. The zero-order chi connectivity index (χ0) is 17.3. The van der Waals surface area contributed by atoms with Crippen LogP contribution < -0.4 is 10.1 Å². The third kappa shape index (κ3) is 2.70. The number of benzene rings is 2. The lowest BCUT2D eigenvalue weighted by molar-refractivity contribution is -0.111. The molecule has 0 fully saturated rings. The molecule has 0 aromatic heterocycles. The van der Waals surface area contributed by atoms with Crippen molar-refractivity contribution in [2.75, 3.05) is 5.32 Å². The maximum atomic E-state index is 12.8. The molecule has 0 saturated heterocycles. The fourth-order valence-corrected chi connectivity index (χ4v) is 2.58. The van der Waals surface area contributed by atoms with Gasteiger partial charge in [-0.3, -0.25) is 4.79 Å². The number of rotatable bonds is 2. The Balaban J connectivity index is 2.09. The van der Waals surface area contributed by atoms with Crippen LogP contribution >= 0.6 is 0 Å². The summed E-state index contributed by atoms with van der Waals surface area (Å²) in [6.07, 6.45) is 0. The minimum Gasteiger partial charge on any atom is -0.507 e. The highest BCUT2D eigenvalue weighted by atomic mass is 16.5. The normalized spacial score (nSPS) is 15.0. The first-order valence-electron chi connectivity index (χ1n) is 7.46. The molecule has 0 unspecified atom stereocenters. The number of nitrogens with one attached hydrogen (secondary N) is 1. The third-order valence-corrected chi connectivity index (χ3v) is 3.81. The minimum atomic E-state index is -1.04. The monoisotopic (exact) mass is 320 g/mol. The summed E-state index contributed by atoms with van der Waals surface area (Å²) in [5.41, 5.74) is 0.478. The first-order chi connectivity index (χ1) is 11.4. The zero-order valence-electron chi connectivity index (χ0n) is 13.3. The van der Waals surface area contributed by atoms with Crippen LogP contribution in [0.15, 0.2) is 54.3 Å². The molecule has 3 rings (SSSR count). The molecule has 2 aromatic carbocycles. The van der Waals surface area contributed by atoms with Crippen LogP contribution in [0.2, 0.25) is 0 Å². The Labute approximate surface area is 139 Å². The summed E-state index contributed by atoms with van der Waals surface area (Å²) in [5, 5.41) is 22.4. The van der Waals surface area contributed by atoms with Gasteiger partial charge in [0.1, 0.15) is 11.5 Å². The molecule has 2 N–H and O–H groups in total. The van der Waals surface area contributed by atoms with Gasteiger partial charge in [-0.25, -0.2) is 0 Å². The van der Waals surface area contributed by atoms with Crippen LogP contribution in [-0.4, -0.2) is 16.6 Å². The van der Waals surface area contributed by atoms with Crippen LogP contribution in [0.5, 0.6) is 5.75 Å². The molecule has 0 radical (unpaired) electrons. The highest BCUT2D eigenvalue weighted by molar-refractivity contribution is 6.26. The Kier molecular flexibility index (Phi) is 3.74. The van der Waals surface area contributed by atoms with Gasteiger partial charge in [-0.1, -0.05) is 18.2 Å². The van der Waals surface area contributed by atoms with Crippen LogP contribution in [0.4, 0.5) is 5.69 Å². The molecule has 0 saturated carbocycles. The number of hydrogen-bond donors (Lipinski definition) is 2. The molecule has 1 amide bonds. The standard InChI is InChI=1S/C19H16N2O3/c1-19(2)17(22)16(18(23)21-13-6-4-3-5-7-13)14-10-12(11-20)8-9-15(14)24-19/h3-10,22H,1-2H3,(H,21,23). The summed E-state index contributed by atoms with van der Waals surface area (Å²) in [5.74, 6) is -0.167. The van der Waals surface area contributed by atoms with Crippen LogP contribution in [-0.2, 0) is 4.79 Å². The van der Waals surface area contributed by atoms with E-state index in [1.807, 2.05) is 12.1 Å². The molecule has 0 bridgehead atoms. The van der Waals surface area contributed by atoms with E-state index in [4.69, 9.17) is 10.00 Å². The minimum absolute atomic E-state index is 0.113. The highest BCUT2D eigenvalue weighted by Crippen LogP contribution is 2.40. The second-order valence-corrected chi connectivity index (χ2v) is 5.98. The van der Waals surface area contributed by atoms with Gasteiger partial charge in [-0.15, -0.1) is 0 Å². The van der Waals surface area contributed by atoms with Crippen molar-refractivity contribution < 1.29 is 14.6 Å². The molecule has 1 aliphatic heterocycles. The third-order valence-electron chi connectivity index (χ3n) is 3.81. The SMILES string of the molecule is CC1(C)Oc2ccc(C#N)cc2C(C(=O)Nc2ccccc2)=C1O. The van der Waals surface area contributed by atoms with E-state index in [-0.39, 0.29) is 11.3 Å². The van der Waals surface area contributed by atoms with Crippen LogP contribution in [0.25, 0.3) is 5.57 Å². The van der Waals surface area contributed by atoms with Crippen molar-refractivity contribution in [3.8, 4) is 11.8 Å². The van der Waals surface area contributed by atoms with Crippen molar-refractivity contribution in [2.24, 2.45) is 0 Å². The predicted molar refractivity (Wildman–Crippen MR) is 90.5 cm³/mol. The van der Waals surface area contributed by atoms with Crippen molar-refractivity contribution in [3.63, 3.8) is 0 Å². The summed E-state index contributed by atoms with van der Waals surface area (Å²) >= 11 is 0. The molecule has 2 aromatic rings. The molecule has 0 spiro atoms. The van der Waals surface area contributed by atoms with E-state index in [9.17, 15) is 9.90 Å². The van der Waals surface area contributed by atoms with Gasteiger partial charge < -0.3 is 15.2 Å². The number of hydrogen-bond acceptors (Lipinski definition) is 4. The number of carbonyl (C=O) groups is 1. The van der Waals surface area contributed by atoms with Gasteiger partial charge in [0, 0.05) is 11.3 Å². The molecule has 5 nitrogen and oxygen atoms in total. The van der Waals surface area contributed by atoms with Gasteiger partial charge >= 0.3 is 0 Å². The molecule has 0 atom stereocenters. The van der Waals surface area contributed by atoms with Gasteiger partial charge in [0.15, 0.2) is 5.60 Å². The number of anilines is 1. The van der Waals surface area contributed by atoms with Crippen LogP contribution in [0.3, 0.4) is 0 Å². The highest BCUT2D eigenvalue weighted by Gasteiger charge is 2.38. The lowest BCUT2D eigenvalue weighted by Crippen LogP contribution is -2.37. The second-order valence-electron chi connectivity index (χ2n) is 5.98. The lowest BCUT2D eigenvalue weighted by atomic mass is 9.91. The average molecular weight is 320 g/mol. The number of fused-ring (bicyclic) bond motifs is 1. The fourth-order valence-electron chi connectivity index (χ4n) is 2.58. The number of carbonyl (C=O) groups excluding carboxylic acids is 1. The summed E-state index contributed by atoms with van der Waals surface area (Å²) < 4.78 is 5.76. The number of nitrogens with zero attached hydrogens (tertiary/aromatic N) is 1. The van der Waals surface area contributed by atoms with E-state index in [1.54, 1.807) is 56.3 Å². The average Bonchev–Trinajstić information content (AvgIpc) is 2.56. The Bertz CT molecular complexity index is 877. The molecule has 1 heterocycles. The summed E-state index contributed by atoms with van der Waals surface area (Å²) in [4.78, 5) is 12.8. The van der Waals surface area contributed by atoms with Crippen molar-refractivity contribution in [3.05, 3.63) is 65.4 Å². The first kappa shape index (κ1) is 15.6. The van der Waals surface area contributed by atoms with Crippen LogP contribution in [0.1, 0.15) is 25.0 Å². The Morgan fingerprint density at radius 3 is 2.58 bits per heavy atom. The Morgan fingerprint density at radius 1 is 1.21 bits per heavy atom. The predicted octanol–water partition coefficient (Wildman–Crippen LogP) is 3.64. The van der Waals surface area contributed by atoms with Crippen molar-refractivity contribution >= 4 is 17.2 Å². The molecule has 5 heteroatoms. The van der Waals surface area contributed by atoms with Gasteiger partial charge in [-0.05, 0) is 44.2 Å². The molecule has 24 heavy (non-hydrogen) atoms. The fraction of sp³-hybridized carbons (Fsp3) is 0.158. The summed E-state index contributed by atoms with van der Waals surface area (Å²) in [7, 11) is 0. The molecule has 0 aliphatic carbocycles. The van der Waals surface area contributed by atoms with Crippen molar-refractivity contribution in [1.29, 1.82) is 5.26 Å². The molecular formula is C19H16N2O3. The van der Waals surface area contributed by atoms with E-state index in [1.165, 1.54) is 0 Å². The van der Waals surface area contributed by atoms with Crippen molar-refractivity contribution in [2.45, 2.75) is 19.4 Å². The summed E-state index contributed by atoms with van der Waals surface area (Å²) in [6.45, 7) is 3.36. The number of aliphatic hydroxyl groups is 1. The first-order valence-corrected chi connectivity index (χ1v) is 7.46. The smallest absolute Gasteiger partial charge is 0.259 e. The number of amides is 1. The lowest BCUT2D eigenvalue weighted by Gasteiger charge is -2.33. The van der Waals surface area contributed by atoms with Crippen LogP contribution in [0, 0.1) is 11.3 Å². The topological polar surface area (TPSA) is 82.3 Å². The number of nitriles is 1. The van der Waals surface area contributed by atoms with E-state index >= 15 is 0 Å². The maximum Gasteiger partial charge on any atom is 0.259 e. The van der Waals surface area contributed by atoms with Gasteiger partial charge in [0.25, 0.3) is 5.91 Å². The van der Waals surface area contributed by atoms with Gasteiger partial charge in [-0.2, -0.15) is 5.26 Å². The second kappa shape index (κ2) is 5.74. The Hall–Kier alpha value is -3.26. The van der Waals surface area contributed by atoms with Gasteiger partial charge in [0.05, 0.1) is 17.2 Å². The number of para-hydroxylation sites is 1. The largest absolute Gasteiger partial charge is 0.507 e. The molecule has 1 aliphatic rings. The van der Waals surface area contributed by atoms with E-state index in [0.29, 0.717) is 22.6 Å². The molecular weight excluding hydrogens is 304 g/mol. The van der Waals surface area contributed by atoms with E-state index in [2.05, 4.69) is 5.32 Å². The number of ether oxygens (including phenoxy) is 1. The maximum absolute atomic E-state index is 12.8. The summed E-state index contributed by atoms with van der Waals surface area (Å²) in [6, 6.07) is 15.8. The Morgan fingerprint density at radius 2 is 1.92 bits per heavy atom. The van der Waals surface area contributed by atoms with E-state index in [0.717, 1.165) is 0 Å². The van der Waals surface area contributed by atoms with Crippen molar-refractivity contribution in [1.82, 2.24) is 0 Å². The number of aliphatic hydroxyl groups excluding tert-OH is 1. The molecule has 120 valence electrons. The quantitative estimate of drug-likeness (QED) is 0.885. The van der Waals surface area contributed by atoms with E-state index < -0.39 is 11.5 Å². The van der Waals surface area contributed by atoms with Gasteiger partial charge in [0.2, 0.25) is 0 Å².